The van der Waals surface area contributed by atoms with Crippen LogP contribution in [0.1, 0.15) is 143 Å². The van der Waals surface area contributed by atoms with Gasteiger partial charge in [0, 0.05) is 0 Å². The second kappa shape index (κ2) is 27.6. The Balaban J connectivity index is 0. The summed E-state index contributed by atoms with van der Waals surface area (Å²) in [7, 11) is 0. The summed E-state index contributed by atoms with van der Waals surface area (Å²) in [5, 5.41) is 0. The molecule has 0 atom stereocenters. The molecule has 0 saturated carbocycles. The molecule has 0 N–H and O–H groups in total. The van der Waals surface area contributed by atoms with Gasteiger partial charge in [-0.25, -0.2) is 0 Å². The van der Waals surface area contributed by atoms with E-state index in [1.54, 1.807) is 0 Å². The van der Waals surface area contributed by atoms with Gasteiger partial charge in [-0.05, 0) is 13.8 Å². The van der Waals surface area contributed by atoms with Gasteiger partial charge in [-0.2, -0.15) is 0 Å². The van der Waals surface area contributed by atoms with Crippen LogP contribution >= 0.6 is 0 Å². The maximum Gasteiger partial charge on any atom is -0.0470 e. The number of hydrogen-bond acceptors (Lipinski definition) is 0. The lowest BCUT2D eigenvalue weighted by Gasteiger charge is -2.03. The van der Waals surface area contributed by atoms with Crippen LogP contribution in [-0.4, -0.2) is 0 Å². The topological polar surface area (TPSA) is 0 Å². The maximum atomic E-state index is 2.30. The number of allylic oxidation sites excluding steroid dienone is 2. The summed E-state index contributed by atoms with van der Waals surface area (Å²) >= 11 is 0. The summed E-state index contributed by atoms with van der Waals surface area (Å²) in [6, 6.07) is 0. The monoisotopic (exact) mass is 338 g/mol. The van der Waals surface area contributed by atoms with Crippen LogP contribution in [0.3, 0.4) is 0 Å². The Bertz CT molecular complexity index is 182. The summed E-state index contributed by atoms with van der Waals surface area (Å²) in [6.07, 6.45) is 30.4. The van der Waals surface area contributed by atoms with E-state index in [1.807, 2.05) is 26.0 Å². The Hall–Kier alpha value is -0.260. The Morgan fingerprint density at radius 1 is 0.333 bits per heavy atom. The van der Waals surface area contributed by atoms with E-state index in [0.29, 0.717) is 0 Å². The van der Waals surface area contributed by atoms with Crippen molar-refractivity contribution < 1.29 is 0 Å². The minimum atomic E-state index is 1.37. The molecule has 0 amide bonds. The molecule has 0 aliphatic carbocycles. The summed E-state index contributed by atoms with van der Waals surface area (Å²) in [5.41, 5.74) is 0. The average molecular weight is 339 g/mol. The molecule has 0 radical (unpaired) electrons. The van der Waals surface area contributed by atoms with Gasteiger partial charge in [0.05, 0.1) is 0 Å². The van der Waals surface area contributed by atoms with Gasteiger partial charge < -0.3 is 0 Å². The molecular formula is C24H50. The van der Waals surface area contributed by atoms with E-state index in [2.05, 4.69) is 13.8 Å². The Morgan fingerprint density at radius 3 is 0.625 bits per heavy atom. The molecular weight excluding hydrogens is 288 g/mol. The molecule has 0 aliphatic heterocycles. The predicted molar refractivity (Wildman–Crippen MR) is 115 cm³/mol. The fraction of sp³-hybridized carbons (Fsp3) is 0.917. The van der Waals surface area contributed by atoms with Crippen molar-refractivity contribution in [3.8, 4) is 0 Å². The van der Waals surface area contributed by atoms with Gasteiger partial charge in [-0.3, -0.25) is 0 Å². The zero-order chi connectivity index (χ0) is 18.1. The van der Waals surface area contributed by atoms with Crippen molar-refractivity contribution in [1.82, 2.24) is 0 Å². The summed E-state index contributed by atoms with van der Waals surface area (Å²) in [5.74, 6) is 0. The third-order valence-electron chi connectivity index (χ3n) is 4.79. The van der Waals surface area contributed by atoms with Gasteiger partial charge in [-0.1, -0.05) is 142 Å². The quantitative estimate of drug-likeness (QED) is 0.183. The van der Waals surface area contributed by atoms with E-state index in [9.17, 15) is 0 Å². The van der Waals surface area contributed by atoms with Gasteiger partial charge in [0.1, 0.15) is 0 Å². The van der Waals surface area contributed by atoms with Crippen molar-refractivity contribution in [2.75, 3.05) is 0 Å². The van der Waals surface area contributed by atoms with Crippen molar-refractivity contribution in [2.45, 2.75) is 143 Å². The highest BCUT2D eigenvalue weighted by Gasteiger charge is 1.94. The summed E-state index contributed by atoms with van der Waals surface area (Å²) in [6.45, 7) is 8.59. The van der Waals surface area contributed by atoms with Gasteiger partial charge in [0.25, 0.3) is 0 Å². The molecule has 0 aliphatic rings. The van der Waals surface area contributed by atoms with Crippen molar-refractivity contribution in [2.24, 2.45) is 0 Å². The first-order valence-electron chi connectivity index (χ1n) is 11.4. The zero-order valence-electron chi connectivity index (χ0n) is 17.9. The second-order valence-corrected chi connectivity index (χ2v) is 7.32. The third-order valence-corrected chi connectivity index (χ3v) is 4.79. The Morgan fingerprint density at radius 2 is 0.500 bits per heavy atom. The van der Waals surface area contributed by atoms with Crippen LogP contribution in [0.2, 0.25) is 0 Å². The summed E-state index contributed by atoms with van der Waals surface area (Å²) in [4.78, 5) is 0. The standard InChI is InChI=1S/C20H42.C4H8/c1-3-5-7-9-11-13-15-17-19-20-18-16-14-12-10-8-6-4-2;1-3-4-2/h3-20H2,1-2H3;3-4H,1-2H3. The average Bonchev–Trinajstić information content (AvgIpc) is 2.61. The molecule has 0 rings (SSSR count). The molecule has 24 heavy (non-hydrogen) atoms. The molecule has 0 saturated heterocycles. The van der Waals surface area contributed by atoms with Crippen LogP contribution in [0.25, 0.3) is 0 Å². The molecule has 0 heteroatoms. The molecule has 146 valence electrons. The highest BCUT2D eigenvalue weighted by molar-refractivity contribution is 4.68. The first-order chi connectivity index (χ1) is 11.8. The minimum Gasteiger partial charge on any atom is -0.0919 e. The first kappa shape index (κ1) is 26.0. The number of unbranched alkanes of at least 4 members (excludes halogenated alkanes) is 17. The lowest BCUT2D eigenvalue weighted by atomic mass is 10.0. The van der Waals surface area contributed by atoms with Gasteiger partial charge >= 0.3 is 0 Å². The van der Waals surface area contributed by atoms with Crippen LogP contribution in [0, 0.1) is 0 Å². The lowest BCUT2D eigenvalue weighted by Crippen LogP contribution is -1.83. The van der Waals surface area contributed by atoms with E-state index >= 15 is 0 Å². The van der Waals surface area contributed by atoms with E-state index in [0.717, 1.165) is 0 Å². The van der Waals surface area contributed by atoms with Gasteiger partial charge in [-0.15, -0.1) is 0 Å². The number of rotatable bonds is 17. The molecule has 0 aromatic carbocycles. The van der Waals surface area contributed by atoms with Crippen LogP contribution in [-0.2, 0) is 0 Å². The fourth-order valence-electron chi connectivity index (χ4n) is 2.97. The molecule has 0 aromatic heterocycles. The van der Waals surface area contributed by atoms with E-state index in [-0.39, 0.29) is 0 Å². The molecule has 0 bridgehead atoms. The van der Waals surface area contributed by atoms with Gasteiger partial charge in [0.15, 0.2) is 0 Å². The molecule has 0 fully saturated rings. The van der Waals surface area contributed by atoms with Crippen LogP contribution in [0.4, 0.5) is 0 Å². The smallest absolute Gasteiger partial charge is 0.0470 e. The van der Waals surface area contributed by atoms with Crippen molar-refractivity contribution in [3.63, 3.8) is 0 Å². The molecule has 0 spiro atoms. The minimum absolute atomic E-state index is 1.37. The highest BCUT2D eigenvalue weighted by atomic mass is 14.0. The van der Waals surface area contributed by atoms with E-state index in [1.165, 1.54) is 116 Å². The normalized spacial score (nSPS) is 10.8. The lowest BCUT2D eigenvalue weighted by molar-refractivity contribution is 0.526. The third kappa shape index (κ3) is 29.7. The molecule has 0 nitrogen and oxygen atoms in total. The van der Waals surface area contributed by atoms with E-state index < -0.39 is 0 Å². The van der Waals surface area contributed by atoms with Crippen LogP contribution < -0.4 is 0 Å². The summed E-state index contributed by atoms with van der Waals surface area (Å²) < 4.78 is 0. The predicted octanol–water partition coefficient (Wildman–Crippen LogP) is 9.63. The highest BCUT2D eigenvalue weighted by Crippen LogP contribution is 2.14. The van der Waals surface area contributed by atoms with Crippen LogP contribution in [0.5, 0.6) is 0 Å². The van der Waals surface area contributed by atoms with Gasteiger partial charge in [0.2, 0.25) is 0 Å². The Kier molecular flexibility index (Phi) is 29.9. The van der Waals surface area contributed by atoms with Crippen molar-refractivity contribution in [3.05, 3.63) is 12.2 Å². The fourth-order valence-corrected chi connectivity index (χ4v) is 2.97. The molecule has 0 unspecified atom stereocenters. The number of hydrogen-bond donors (Lipinski definition) is 0. The Labute approximate surface area is 155 Å². The zero-order valence-corrected chi connectivity index (χ0v) is 17.9. The van der Waals surface area contributed by atoms with Crippen molar-refractivity contribution >= 4 is 0 Å². The molecule has 0 heterocycles. The maximum absolute atomic E-state index is 2.30. The first-order valence-corrected chi connectivity index (χ1v) is 11.4. The second-order valence-electron chi connectivity index (χ2n) is 7.32. The van der Waals surface area contributed by atoms with E-state index in [4.69, 9.17) is 0 Å². The largest absolute Gasteiger partial charge is 0.0919 e. The van der Waals surface area contributed by atoms with Crippen molar-refractivity contribution in [1.29, 1.82) is 0 Å². The SMILES string of the molecule is CC=CC.CCCCCCCCCCCCCCCCCCCC. The van der Waals surface area contributed by atoms with Crippen LogP contribution in [0.15, 0.2) is 12.2 Å². The molecule has 0 aromatic rings.